The van der Waals surface area contributed by atoms with Crippen LogP contribution in [0, 0.1) is 0 Å². The van der Waals surface area contributed by atoms with Crippen molar-refractivity contribution in [3.8, 4) is 0 Å². The molecule has 0 radical (unpaired) electrons. The predicted molar refractivity (Wildman–Crippen MR) is 40.4 cm³/mol. The standard InChI is InChI=1S/C6H10N4O2/c7-3-1-11-6-4(9-10-8)2-12-5(3)6/h3-6H,1-2,7H2/t3-,4-,5?,6?/m0/s1. The number of fused-ring (bicyclic) bond motifs is 1. The number of hydrogen-bond donors (Lipinski definition) is 1. The van der Waals surface area contributed by atoms with Crippen molar-refractivity contribution in [1.82, 2.24) is 0 Å². The summed E-state index contributed by atoms with van der Waals surface area (Å²) in [5.41, 5.74) is 13.9. The molecule has 4 atom stereocenters. The maximum atomic E-state index is 8.23. The van der Waals surface area contributed by atoms with Crippen molar-refractivity contribution in [1.29, 1.82) is 0 Å². The van der Waals surface area contributed by atoms with Crippen LogP contribution in [0.4, 0.5) is 0 Å². The quantitative estimate of drug-likeness (QED) is 0.335. The minimum atomic E-state index is -0.200. The number of azide groups is 1. The third kappa shape index (κ3) is 1.05. The van der Waals surface area contributed by atoms with Crippen LogP contribution >= 0.6 is 0 Å². The van der Waals surface area contributed by atoms with E-state index in [0.29, 0.717) is 13.2 Å². The molecule has 2 aliphatic heterocycles. The van der Waals surface area contributed by atoms with Gasteiger partial charge in [-0.25, -0.2) is 0 Å². The van der Waals surface area contributed by atoms with Gasteiger partial charge in [0.05, 0.1) is 31.4 Å². The van der Waals surface area contributed by atoms with Crippen LogP contribution in [-0.4, -0.2) is 37.5 Å². The molecule has 66 valence electrons. The summed E-state index contributed by atoms with van der Waals surface area (Å²) in [7, 11) is 0. The number of nitrogens with two attached hydrogens (primary N) is 1. The highest BCUT2D eigenvalue weighted by molar-refractivity contribution is 4.99. The van der Waals surface area contributed by atoms with Crippen LogP contribution in [0.25, 0.3) is 10.4 Å². The Morgan fingerprint density at radius 2 is 2.08 bits per heavy atom. The fourth-order valence-corrected chi connectivity index (χ4v) is 1.67. The van der Waals surface area contributed by atoms with Crippen molar-refractivity contribution in [2.24, 2.45) is 10.8 Å². The molecule has 6 heteroatoms. The van der Waals surface area contributed by atoms with E-state index < -0.39 is 0 Å². The molecular weight excluding hydrogens is 160 g/mol. The van der Waals surface area contributed by atoms with Crippen molar-refractivity contribution < 1.29 is 9.47 Å². The third-order valence-electron chi connectivity index (χ3n) is 2.27. The summed E-state index contributed by atoms with van der Waals surface area (Å²) in [4.78, 5) is 2.73. The molecule has 0 aromatic carbocycles. The first-order valence-electron chi connectivity index (χ1n) is 3.86. The molecule has 2 fully saturated rings. The van der Waals surface area contributed by atoms with Crippen molar-refractivity contribution in [2.45, 2.75) is 24.3 Å². The van der Waals surface area contributed by atoms with Crippen molar-refractivity contribution in [3.05, 3.63) is 10.4 Å². The van der Waals surface area contributed by atoms with Crippen LogP contribution in [-0.2, 0) is 9.47 Å². The molecule has 2 aliphatic rings. The highest BCUT2D eigenvalue weighted by atomic mass is 16.6. The molecule has 0 saturated carbocycles. The first-order valence-corrected chi connectivity index (χ1v) is 3.86. The molecule has 2 unspecified atom stereocenters. The highest BCUT2D eigenvalue weighted by Crippen LogP contribution is 2.27. The predicted octanol–water partition coefficient (Wildman–Crippen LogP) is -0.210. The van der Waals surface area contributed by atoms with Gasteiger partial charge in [-0.2, -0.15) is 0 Å². The fraction of sp³-hybridized carbons (Fsp3) is 1.00. The van der Waals surface area contributed by atoms with Crippen molar-refractivity contribution >= 4 is 0 Å². The maximum absolute atomic E-state index is 8.23. The first kappa shape index (κ1) is 7.82. The average molecular weight is 170 g/mol. The Kier molecular flexibility index (Phi) is 1.90. The molecule has 0 amide bonds. The molecule has 0 spiro atoms. The van der Waals surface area contributed by atoms with Gasteiger partial charge >= 0.3 is 0 Å². The lowest BCUT2D eigenvalue weighted by Crippen LogP contribution is -2.36. The van der Waals surface area contributed by atoms with Gasteiger partial charge in [-0.05, 0) is 5.53 Å². The van der Waals surface area contributed by atoms with Crippen molar-refractivity contribution in [3.63, 3.8) is 0 Å². The Balaban J connectivity index is 2.10. The van der Waals surface area contributed by atoms with E-state index in [1.165, 1.54) is 0 Å². The van der Waals surface area contributed by atoms with E-state index in [1.807, 2.05) is 0 Å². The van der Waals surface area contributed by atoms with Gasteiger partial charge in [0.25, 0.3) is 0 Å². The smallest absolute Gasteiger partial charge is 0.101 e. The van der Waals surface area contributed by atoms with Gasteiger partial charge in [0.2, 0.25) is 0 Å². The minimum Gasteiger partial charge on any atom is -0.373 e. The fourth-order valence-electron chi connectivity index (χ4n) is 1.67. The third-order valence-corrected chi connectivity index (χ3v) is 2.27. The summed E-state index contributed by atoms with van der Waals surface area (Å²) >= 11 is 0. The molecule has 2 saturated heterocycles. The summed E-state index contributed by atoms with van der Waals surface area (Å²) in [6.07, 6.45) is -0.212. The second-order valence-electron chi connectivity index (χ2n) is 3.03. The van der Waals surface area contributed by atoms with Gasteiger partial charge in [0.1, 0.15) is 6.10 Å². The highest BCUT2D eigenvalue weighted by Gasteiger charge is 2.45. The second kappa shape index (κ2) is 2.91. The summed E-state index contributed by atoms with van der Waals surface area (Å²) < 4.78 is 10.7. The molecule has 0 aromatic heterocycles. The summed E-state index contributed by atoms with van der Waals surface area (Å²) in [6, 6.07) is -0.276. The van der Waals surface area contributed by atoms with Gasteiger partial charge in [-0.15, -0.1) is 0 Å². The Bertz CT molecular complexity index is 228. The largest absolute Gasteiger partial charge is 0.373 e. The summed E-state index contributed by atoms with van der Waals surface area (Å²) in [5.74, 6) is 0. The lowest BCUT2D eigenvalue weighted by atomic mass is 10.1. The van der Waals surface area contributed by atoms with Crippen LogP contribution in [0.5, 0.6) is 0 Å². The number of hydrogen-bond acceptors (Lipinski definition) is 4. The molecule has 2 N–H and O–H groups in total. The summed E-state index contributed by atoms with van der Waals surface area (Å²) in [6.45, 7) is 0.917. The van der Waals surface area contributed by atoms with Crippen LogP contribution in [0.15, 0.2) is 5.11 Å². The molecule has 0 aliphatic carbocycles. The van der Waals surface area contributed by atoms with E-state index in [1.54, 1.807) is 0 Å². The van der Waals surface area contributed by atoms with Gasteiger partial charge in [-0.3, -0.25) is 0 Å². The van der Waals surface area contributed by atoms with Crippen LogP contribution in [0.1, 0.15) is 0 Å². The lowest BCUT2D eigenvalue weighted by Gasteiger charge is -2.10. The normalized spacial score (nSPS) is 45.4. The van der Waals surface area contributed by atoms with E-state index in [0.717, 1.165) is 0 Å². The zero-order valence-corrected chi connectivity index (χ0v) is 6.46. The van der Waals surface area contributed by atoms with Gasteiger partial charge in [-0.1, -0.05) is 5.11 Å². The van der Waals surface area contributed by atoms with Gasteiger partial charge in [0.15, 0.2) is 0 Å². The lowest BCUT2D eigenvalue weighted by molar-refractivity contribution is 0.0691. The molecule has 0 bridgehead atoms. The van der Waals surface area contributed by atoms with Gasteiger partial charge < -0.3 is 15.2 Å². The van der Waals surface area contributed by atoms with E-state index in [2.05, 4.69) is 10.0 Å². The van der Waals surface area contributed by atoms with E-state index >= 15 is 0 Å². The molecule has 0 aromatic rings. The Morgan fingerprint density at radius 3 is 2.83 bits per heavy atom. The average Bonchev–Trinajstić information content (AvgIpc) is 2.58. The maximum Gasteiger partial charge on any atom is 0.101 e. The number of rotatable bonds is 1. The van der Waals surface area contributed by atoms with Crippen molar-refractivity contribution in [2.75, 3.05) is 13.2 Å². The molecular formula is C6H10N4O2. The van der Waals surface area contributed by atoms with Crippen LogP contribution in [0.2, 0.25) is 0 Å². The number of nitrogens with zero attached hydrogens (tertiary/aromatic N) is 3. The minimum absolute atomic E-state index is 0.0751. The SMILES string of the molecule is [N-]=[N+]=N[C@H]1COC2C1OC[C@@H]2N. The molecule has 2 heterocycles. The van der Waals surface area contributed by atoms with E-state index in [4.69, 9.17) is 20.7 Å². The molecule has 12 heavy (non-hydrogen) atoms. The first-order chi connectivity index (χ1) is 5.83. The second-order valence-corrected chi connectivity index (χ2v) is 3.03. The Hall–Kier alpha value is -0.810. The van der Waals surface area contributed by atoms with Gasteiger partial charge in [0, 0.05) is 4.91 Å². The Labute approximate surface area is 69.3 Å². The zero-order chi connectivity index (χ0) is 8.55. The van der Waals surface area contributed by atoms with E-state index in [-0.39, 0.29) is 24.3 Å². The number of ether oxygens (including phenoxy) is 2. The summed E-state index contributed by atoms with van der Waals surface area (Å²) in [5, 5.41) is 3.58. The van der Waals surface area contributed by atoms with E-state index in [9.17, 15) is 0 Å². The molecule has 6 nitrogen and oxygen atoms in total. The van der Waals surface area contributed by atoms with Crippen LogP contribution in [0.3, 0.4) is 0 Å². The zero-order valence-electron chi connectivity index (χ0n) is 6.46. The monoisotopic (exact) mass is 170 g/mol. The topological polar surface area (TPSA) is 93.2 Å². The Morgan fingerprint density at radius 1 is 1.33 bits per heavy atom. The molecule has 2 rings (SSSR count). The van der Waals surface area contributed by atoms with Crippen LogP contribution < -0.4 is 5.73 Å².